The fourth-order valence-electron chi connectivity index (χ4n) is 1.60. The van der Waals surface area contributed by atoms with Crippen molar-refractivity contribution < 1.29 is 5.11 Å². The van der Waals surface area contributed by atoms with Crippen molar-refractivity contribution in [2.75, 3.05) is 13.2 Å². The van der Waals surface area contributed by atoms with Crippen molar-refractivity contribution in [3.8, 4) is 0 Å². The van der Waals surface area contributed by atoms with Gasteiger partial charge in [-0.3, -0.25) is 0 Å². The number of hydrogen-bond donors (Lipinski definition) is 2. The summed E-state index contributed by atoms with van der Waals surface area (Å²) >= 11 is 0. The zero-order chi connectivity index (χ0) is 10.9. The third kappa shape index (κ3) is 4.28. The minimum Gasteiger partial charge on any atom is -0.395 e. The third-order valence-corrected chi connectivity index (χ3v) is 2.36. The predicted octanol–water partition coefficient (Wildman–Crippen LogP) is 2.28. The second-order valence-electron chi connectivity index (χ2n) is 3.51. The summed E-state index contributed by atoms with van der Waals surface area (Å²) < 4.78 is 0. The van der Waals surface area contributed by atoms with Gasteiger partial charge in [0.25, 0.3) is 0 Å². The van der Waals surface area contributed by atoms with E-state index in [0.29, 0.717) is 12.6 Å². The molecule has 0 heterocycles. The fraction of sp³-hybridized carbons (Fsp3) is 0.385. The molecule has 1 unspecified atom stereocenters. The fourth-order valence-corrected chi connectivity index (χ4v) is 1.60. The number of benzene rings is 1. The molecule has 0 amide bonds. The van der Waals surface area contributed by atoms with Gasteiger partial charge < -0.3 is 10.4 Å². The lowest BCUT2D eigenvalue weighted by Gasteiger charge is -2.17. The Labute approximate surface area is 91.6 Å². The SMILES string of the molecule is C=CCCC(NCCO)c1ccccc1. The minimum atomic E-state index is 0.178. The highest BCUT2D eigenvalue weighted by Gasteiger charge is 2.08. The molecule has 0 fully saturated rings. The van der Waals surface area contributed by atoms with Crippen molar-refractivity contribution in [3.05, 3.63) is 48.6 Å². The molecule has 0 radical (unpaired) electrons. The molecule has 0 aliphatic rings. The molecule has 2 heteroatoms. The molecule has 2 N–H and O–H groups in total. The van der Waals surface area contributed by atoms with Gasteiger partial charge in [0.15, 0.2) is 0 Å². The molecule has 82 valence electrons. The second kappa shape index (κ2) is 7.21. The number of rotatable bonds is 7. The number of nitrogens with one attached hydrogen (secondary N) is 1. The van der Waals surface area contributed by atoms with E-state index in [0.717, 1.165) is 12.8 Å². The van der Waals surface area contributed by atoms with E-state index in [9.17, 15) is 0 Å². The molecule has 15 heavy (non-hydrogen) atoms. The average Bonchev–Trinajstić information content (AvgIpc) is 2.30. The van der Waals surface area contributed by atoms with E-state index in [1.54, 1.807) is 0 Å². The normalized spacial score (nSPS) is 12.3. The summed E-state index contributed by atoms with van der Waals surface area (Å²) in [6, 6.07) is 10.6. The summed E-state index contributed by atoms with van der Waals surface area (Å²) in [5.74, 6) is 0. The second-order valence-corrected chi connectivity index (χ2v) is 3.51. The Morgan fingerprint density at radius 2 is 2.07 bits per heavy atom. The highest BCUT2D eigenvalue weighted by atomic mass is 16.3. The molecule has 0 saturated heterocycles. The Hall–Kier alpha value is -1.12. The summed E-state index contributed by atoms with van der Waals surface area (Å²) in [5.41, 5.74) is 1.27. The lowest BCUT2D eigenvalue weighted by Crippen LogP contribution is -2.24. The van der Waals surface area contributed by atoms with Crippen molar-refractivity contribution in [2.45, 2.75) is 18.9 Å². The van der Waals surface area contributed by atoms with Gasteiger partial charge >= 0.3 is 0 Å². The average molecular weight is 205 g/mol. The smallest absolute Gasteiger partial charge is 0.0556 e. The van der Waals surface area contributed by atoms with Crippen LogP contribution in [0.2, 0.25) is 0 Å². The van der Waals surface area contributed by atoms with E-state index in [-0.39, 0.29) is 6.61 Å². The van der Waals surface area contributed by atoms with Crippen LogP contribution in [0.1, 0.15) is 24.4 Å². The van der Waals surface area contributed by atoms with E-state index < -0.39 is 0 Å². The zero-order valence-electron chi connectivity index (χ0n) is 9.02. The number of aliphatic hydroxyl groups excluding tert-OH is 1. The Kier molecular flexibility index (Phi) is 5.74. The topological polar surface area (TPSA) is 32.3 Å². The molecule has 0 bridgehead atoms. The van der Waals surface area contributed by atoms with E-state index in [1.807, 2.05) is 24.3 Å². The van der Waals surface area contributed by atoms with Crippen LogP contribution in [0.25, 0.3) is 0 Å². The first-order valence-electron chi connectivity index (χ1n) is 5.38. The van der Waals surface area contributed by atoms with Crippen LogP contribution in [0.3, 0.4) is 0 Å². The Balaban J connectivity index is 2.58. The summed E-state index contributed by atoms with van der Waals surface area (Å²) in [7, 11) is 0. The van der Waals surface area contributed by atoms with Crippen molar-refractivity contribution in [1.29, 1.82) is 0 Å². The van der Waals surface area contributed by atoms with Crippen LogP contribution >= 0.6 is 0 Å². The maximum atomic E-state index is 8.80. The molecule has 0 aliphatic heterocycles. The summed E-state index contributed by atoms with van der Waals surface area (Å²) in [5, 5.41) is 12.1. The quantitative estimate of drug-likeness (QED) is 0.669. The third-order valence-electron chi connectivity index (χ3n) is 2.36. The van der Waals surface area contributed by atoms with Crippen LogP contribution in [0.5, 0.6) is 0 Å². The van der Waals surface area contributed by atoms with Crippen molar-refractivity contribution in [3.63, 3.8) is 0 Å². The van der Waals surface area contributed by atoms with Gasteiger partial charge in [0.05, 0.1) is 6.61 Å². The van der Waals surface area contributed by atoms with Crippen molar-refractivity contribution in [1.82, 2.24) is 5.32 Å². The van der Waals surface area contributed by atoms with Crippen LogP contribution in [0.15, 0.2) is 43.0 Å². The van der Waals surface area contributed by atoms with Gasteiger partial charge in [0.1, 0.15) is 0 Å². The van der Waals surface area contributed by atoms with E-state index in [2.05, 4.69) is 24.0 Å². The molecule has 0 aromatic heterocycles. The summed E-state index contributed by atoms with van der Waals surface area (Å²) in [6.07, 6.45) is 3.93. The summed E-state index contributed by atoms with van der Waals surface area (Å²) in [4.78, 5) is 0. The monoisotopic (exact) mass is 205 g/mol. The van der Waals surface area contributed by atoms with Gasteiger partial charge in [0, 0.05) is 12.6 Å². The van der Waals surface area contributed by atoms with Gasteiger partial charge in [-0.2, -0.15) is 0 Å². The summed E-state index contributed by atoms with van der Waals surface area (Å²) in [6.45, 7) is 4.54. The Morgan fingerprint density at radius 3 is 2.67 bits per heavy atom. The van der Waals surface area contributed by atoms with Gasteiger partial charge in [-0.25, -0.2) is 0 Å². The first kappa shape index (κ1) is 12.0. The molecule has 1 aromatic carbocycles. The van der Waals surface area contributed by atoms with Crippen LogP contribution in [0, 0.1) is 0 Å². The molecule has 0 saturated carbocycles. The molecule has 0 aliphatic carbocycles. The van der Waals surface area contributed by atoms with Gasteiger partial charge in [-0.1, -0.05) is 36.4 Å². The number of aliphatic hydroxyl groups is 1. The van der Waals surface area contributed by atoms with Gasteiger partial charge in [0.2, 0.25) is 0 Å². The van der Waals surface area contributed by atoms with Crippen LogP contribution < -0.4 is 5.32 Å². The lowest BCUT2D eigenvalue weighted by molar-refractivity contribution is 0.282. The van der Waals surface area contributed by atoms with E-state index >= 15 is 0 Å². The van der Waals surface area contributed by atoms with Gasteiger partial charge in [-0.05, 0) is 18.4 Å². The van der Waals surface area contributed by atoms with Crippen LogP contribution in [-0.2, 0) is 0 Å². The molecule has 1 atom stereocenters. The van der Waals surface area contributed by atoms with Crippen molar-refractivity contribution >= 4 is 0 Å². The predicted molar refractivity (Wildman–Crippen MR) is 63.7 cm³/mol. The highest BCUT2D eigenvalue weighted by molar-refractivity contribution is 5.18. The maximum Gasteiger partial charge on any atom is 0.0556 e. The zero-order valence-corrected chi connectivity index (χ0v) is 9.02. The highest BCUT2D eigenvalue weighted by Crippen LogP contribution is 2.17. The number of allylic oxidation sites excluding steroid dienone is 1. The molecule has 1 aromatic rings. The Morgan fingerprint density at radius 1 is 1.33 bits per heavy atom. The molecule has 1 rings (SSSR count). The maximum absolute atomic E-state index is 8.80. The van der Waals surface area contributed by atoms with Crippen LogP contribution in [0.4, 0.5) is 0 Å². The molecule has 2 nitrogen and oxygen atoms in total. The number of hydrogen-bond acceptors (Lipinski definition) is 2. The molecular weight excluding hydrogens is 186 g/mol. The van der Waals surface area contributed by atoms with E-state index in [4.69, 9.17) is 5.11 Å². The lowest BCUT2D eigenvalue weighted by atomic mass is 10.0. The minimum absolute atomic E-state index is 0.178. The standard InChI is InChI=1S/C13H19NO/c1-2-3-9-13(14-10-11-15)12-7-5-4-6-8-12/h2,4-8,13-15H,1,3,9-11H2. The Bertz CT molecular complexity index is 271. The van der Waals surface area contributed by atoms with Gasteiger partial charge in [-0.15, -0.1) is 6.58 Å². The largest absolute Gasteiger partial charge is 0.395 e. The molecule has 0 spiro atoms. The first-order valence-corrected chi connectivity index (χ1v) is 5.38. The first-order chi connectivity index (χ1) is 7.38. The van der Waals surface area contributed by atoms with E-state index in [1.165, 1.54) is 5.56 Å². The van der Waals surface area contributed by atoms with Crippen LogP contribution in [-0.4, -0.2) is 18.3 Å². The molecular formula is C13H19NO. The van der Waals surface area contributed by atoms with Crippen molar-refractivity contribution in [2.24, 2.45) is 0 Å².